The Hall–Kier alpha value is -2.48. The predicted octanol–water partition coefficient (Wildman–Crippen LogP) is 5.21. The second-order valence-electron chi connectivity index (χ2n) is 4.95. The van der Waals surface area contributed by atoms with Crippen molar-refractivity contribution >= 4 is 12.2 Å². The van der Waals surface area contributed by atoms with Crippen LogP contribution < -0.4 is 9.47 Å². The Bertz CT molecular complexity index is 595. The first-order chi connectivity index (χ1) is 10.8. The molecule has 2 heteroatoms. The summed E-state index contributed by atoms with van der Waals surface area (Å²) in [5.41, 5.74) is 2.29. The van der Waals surface area contributed by atoms with Crippen molar-refractivity contribution < 1.29 is 9.47 Å². The molecule has 2 nitrogen and oxygen atoms in total. The molecule has 114 valence electrons. The molecule has 0 amide bonds. The van der Waals surface area contributed by atoms with Gasteiger partial charge in [0.15, 0.2) is 0 Å². The molecule has 0 bridgehead atoms. The maximum absolute atomic E-state index is 5.67. The van der Waals surface area contributed by atoms with Crippen molar-refractivity contribution in [3.8, 4) is 11.5 Å². The number of rotatable bonds is 8. The summed E-state index contributed by atoms with van der Waals surface area (Å²) in [7, 11) is 1.67. The Balaban J connectivity index is 1.89. The molecule has 0 radical (unpaired) electrons. The maximum Gasteiger partial charge on any atom is 0.119 e. The molecule has 2 rings (SSSR count). The van der Waals surface area contributed by atoms with Gasteiger partial charge in [0.2, 0.25) is 0 Å². The van der Waals surface area contributed by atoms with E-state index in [-0.39, 0.29) is 0 Å². The smallest absolute Gasteiger partial charge is 0.119 e. The Morgan fingerprint density at radius 3 is 1.91 bits per heavy atom. The minimum atomic E-state index is 0.729. The summed E-state index contributed by atoms with van der Waals surface area (Å²) in [5, 5.41) is 0. The highest BCUT2D eigenvalue weighted by Gasteiger charge is 1.94. The van der Waals surface area contributed by atoms with E-state index in [0.29, 0.717) is 0 Å². The predicted molar refractivity (Wildman–Crippen MR) is 93.3 cm³/mol. The van der Waals surface area contributed by atoms with E-state index in [1.54, 1.807) is 7.11 Å². The van der Waals surface area contributed by atoms with Gasteiger partial charge in [-0.05, 0) is 48.2 Å². The molecule has 0 aliphatic rings. The number of hydrogen-bond donors (Lipinski definition) is 0. The molecule has 0 aromatic heterocycles. The molecule has 0 saturated carbocycles. The average Bonchev–Trinajstić information content (AvgIpc) is 2.58. The van der Waals surface area contributed by atoms with Crippen LogP contribution >= 0.6 is 0 Å². The third-order valence-electron chi connectivity index (χ3n) is 3.29. The van der Waals surface area contributed by atoms with Gasteiger partial charge in [-0.3, -0.25) is 0 Å². The van der Waals surface area contributed by atoms with Crippen LogP contribution in [-0.2, 0) is 0 Å². The molecule has 2 aromatic rings. The van der Waals surface area contributed by atoms with Gasteiger partial charge in [-0.15, -0.1) is 6.58 Å². The summed E-state index contributed by atoms with van der Waals surface area (Å²) in [5.74, 6) is 1.78. The monoisotopic (exact) mass is 294 g/mol. The van der Waals surface area contributed by atoms with Crippen molar-refractivity contribution in [1.29, 1.82) is 0 Å². The number of benzene rings is 2. The first kappa shape index (κ1) is 15.9. The molecule has 0 fully saturated rings. The fraction of sp³-hybridized carbons (Fsp3) is 0.200. The number of unbranched alkanes of at least 4 members (excludes halogenated alkanes) is 1. The lowest BCUT2D eigenvalue weighted by Crippen LogP contribution is -1.96. The number of ether oxygens (including phenoxy) is 2. The van der Waals surface area contributed by atoms with E-state index in [1.807, 2.05) is 42.5 Å². The highest BCUT2D eigenvalue weighted by Crippen LogP contribution is 2.16. The van der Waals surface area contributed by atoms with Gasteiger partial charge in [0.25, 0.3) is 0 Å². The molecule has 0 saturated heterocycles. The molecule has 0 spiro atoms. The van der Waals surface area contributed by atoms with Crippen LogP contribution in [0.25, 0.3) is 12.2 Å². The van der Waals surface area contributed by atoms with Crippen molar-refractivity contribution in [2.75, 3.05) is 13.7 Å². The van der Waals surface area contributed by atoms with Crippen LogP contribution in [-0.4, -0.2) is 13.7 Å². The van der Waals surface area contributed by atoms with Crippen LogP contribution in [0.4, 0.5) is 0 Å². The Labute approximate surface area is 132 Å². The van der Waals surface area contributed by atoms with Crippen molar-refractivity contribution in [3.63, 3.8) is 0 Å². The van der Waals surface area contributed by atoms with Gasteiger partial charge in [0.05, 0.1) is 13.7 Å². The number of allylic oxidation sites excluding steroid dienone is 1. The van der Waals surface area contributed by atoms with Gasteiger partial charge < -0.3 is 9.47 Å². The van der Waals surface area contributed by atoms with E-state index in [4.69, 9.17) is 9.47 Å². The Kier molecular flexibility index (Phi) is 6.31. The fourth-order valence-corrected chi connectivity index (χ4v) is 2.00. The Morgan fingerprint density at radius 1 is 0.864 bits per heavy atom. The largest absolute Gasteiger partial charge is 0.497 e. The second-order valence-corrected chi connectivity index (χ2v) is 4.95. The van der Waals surface area contributed by atoms with Crippen molar-refractivity contribution in [3.05, 3.63) is 72.3 Å². The Morgan fingerprint density at radius 2 is 1.41 bits per heavy atom. The molecular formula is C20H22O2. The van der Waals surface area contributed by atoms with Crippen LogP contribution in [0, 0.1) is 0 Å². The standard InChI is InChI=1S/C20H22O2/c1-3-4-5-16-22-20-14-10-18(11-15-20)7-6-17-8-12-19(21-2)13-9-17/h3,6-15H,1,4-5,16H2,2H3/b7-6+. The third kappa shape index (κ3) is 5.13. The van der Waals surface area contributed by atoms with Crippen LogP contribution in [0.1, 0.15) is 24.0 Å². The summed E-state index contributed by atoms with van der Waals surface area (Å²) in [6.45, 7) is 4.43. The maximum atomic E-state index is 5.67. The summed E-state index contributed by atoms with van der Waals surface area (Å²) in [6, 6.07) is 16.1. The minimum Gasteiger partial charge on any atom is -0.497 e. The molecule has 0 heterocycles. The van der Waals surface area contributed by atoms with Gasteiger partial charge >= 0.3 is 0 Å². The second kappa shape index (κ2) is 8.73. The van der Waals surface area contributed by atoms with E-state index in [9.17, 15) is 0 Å². The molecule has 0 aliphatic heterocycles. The van der Waals surface area contributed by atoms with Crippen LogP contribution in [0.3, 0.4) is 0 Å². The molecular weight excluding hydrogens is 272 g/mol. The van der Waals surface area contributed by atoms with Gasteiger partial charge in [0, 0.05) is 0 Å². The van der Waals surface area contributed by atoms with Crippen molar-refractivity contribution in [1.82, 2.24) is 0 Å². The van der Waals surface area contributed by atoms with Gasteiger partial charge in [-0.1, -0.05) is 42.5 Å². The lowest BCUT2D eigenvalue weighted by Gasteiger charge is -2.05. The zero-order valence-electron chi connectivity index (χ0n) is 13.0. The van der Waals surface area contributed by atoms with E-state index in [2.05, 4.69) is 30.9 Å². The van der Waals surface area contributed by atoms with E-state index in [1.165, 1.54) is 0 Å². The number of methoxy groups -OCH3 is 1. The summed E-state index contributed by atoms with van der Waals surface area (Å²) in [6.07, 6.45) is 8.07. The van der Waals surface area contributed by atoms with E-state index in [0.717, 1.165) is 42.1 Å². The zero-order chi connectivity index (χ0) is 15.6. The molecule has 2 aromatic carbocycles. The molecule has 0 unspecified atom stereocenters. The van der Waals surface area contributed by atoms with Crippen molar-refractivity contribution in [2.45, 2.75) is 12.8 Å². The van der Waals surface area contributed by atoms with Crippen molar-refractivity contribution in [2.24, 2.45) is 0 Å². The quantitative estimate of drug-likeness (QED) is 0.378. The summed E-state index contributed by atoms with van der Waals surface area (Å²) >= 11 is 0. The highest BCUT2D eigenvalue weighted by molar-refractivity contribution is 5.70. The molecule has 0 N–H and O–H groups in total. The average molecular weight is 294 g/mol. The third-order valence-corrected chi connectivity index (χ3v) is 3.29. The first-order valence-electron chi connectivity index (χ1n) is 7.48. The van der Waals surface area contributed by atoms with Crippen LogP contribution in [0.15, 0.2) is 61.2 Å². The molecule has 22 heavy (non-hydrogen) atoms. The van der Waals surface area contributed by atoms with E-state index >= 15 is 0 Å². The summed E-state index contributed by atoms with van der Waals surface area (Å²) < 4.78 is 10.8. The zero-order valence-corrected chi connectivity index (χ0v) is 13.0. The molecule has 0 atom stereocenters. The van der Waals surface area contributed by atoms with Gasteiger partial charge in [0.1, 0.15) is 11.5 Å². The SMILES string of the molecule is C=CCCCOc1ccc(/C=C/c2ccc(OC)cc2)cc1. The summed E-state index contributed by atoms with van der Waals surface area (Å²) in [4.78, 5) is 0. The lowest BCUT2D eigenvalue weighted by molar-refractivity contribution is 0.312. The number of hydrogen-bond acceptors (Lipinski definition) is 2. The van der Waals surface area contributed by atoms with Crippen LogP contribution in [0.5, 0.6) is 11.5 Å². The van der Waals surface area contributed by atoms with Gasteiger partial charge in [-0.2, -0.15) is 0 Å². The first-order valence-corrected chi connectivity index (χ1v) is 7.48. The lowest BCUT2D eigenvalue weighted by atomic mass is 10.1. The highest BCUT2D eigenvalue weighted by atomic mass is 16.5. The minimum absolute atomic E-state index is 0.729. The van der Waals surface area contributed by atoms with Crippen LogP contribution in [0.2, 0.25) is 0 Å². The topological polar surface area (TPSA) is 18.5 Å². The van der Waals surface area contributed by atoms with Gasteiger partial charge in [-0.25, -0.2) is 0 Å². The molecule has 0 aliphatic carbocycles. The van der Waals surface area contributed by atoms with E-state index < -0.39 is 0 Å². The fourth-order valence-electron chi connectivity index (χ4n) is 2.00. The normalized spacial score (nSPS) is 10.6.